The molecule has 0 aliphatic carbocycles. The van der Waals surface area contributed by atoms with Gasteiger partial charge in [0.2, 0.25) is 0 Å². The first-order chi connectivity index (χ1) is 11.8. The Morgan fingerprint density at radius 1 is 1.28 bits per heavy atom. The number of nitrogens with one attached hydrogen (secondary N) is 1. The Labute approximate surface area is 161 Å². The van der Waals surface area contributed by atoms with Crippen LogP contribution < -0.4 is 10.2 Å². The number of amides is 1. The highest BCUT2D eigenvalue weighted by Crippen LogP contribution is 2.31. The summed E-state index contributed by atoms with van der Waals surface area (Å²) in [6.45, 7) is 6.28. The lowest BCUT2D eigenvalue weighted by atomic mass is 9.87. The Balaban J connectivity index is 1.89. The lowest BCUT2D eigenvalue weighted by Crippen LogP contribution is -2.24. The normalized spacial score (nSPS) is 11.6. The first-order valence-corrected chi connectivity index (χ1v) is 8.94. The third-order valence-electron chi connectivity index (χ3n) is 3.45. The molecular weight excluding hydrogens is 404 g/mol. The maximum absolute atomic E-state index is 11.8. The zero-order valence-corrected chi connectivity index (χ0v) is 16.7. The van der Waals surface area contributed by atoms with Crippen LogP contribution >= 0.6 is 27.5 Å². The molecule has 6 heteroatoms. The molecule has 0 unspecified atom stereocenters. The van der Waals surface area contributed by atoms with Crippen molar-refractivity contribution in [2.75, 3.05) is 6.61 Å². The molecule has 0 aliphatic heterocycles. The van der Waals surface area contributed by atoms with Crippen molar-refractivity contribution in [3.8, 4) is 5.75 Å². The fourth-order valence-electron chi connectivity index (χ4n) is 2.01. The summed E-state index contributed by atoms with van der Waals surface area (Å²) in [4.78, 5) is 11.8. The number of carbonyl (C=O) groups is 1. The van der Waals surface area contributed by atoms with Gasteiger partial charge in [0.1, 0.15) is 5.75 Å². The molecule has 132 valence electrons. The van der Waals surface area contributed by atoms with Gasteiger partial charge >= 0.3 is 0 Å². The smallest absolute Gasteiger partial charge is 0.277 e. The van der Waals surface area contributed by atoms with Crippen molar-refractivity contribution >= 4 is 39.7 Å². The number of hydrazone groups is 1. The number of benzene rings is 2. The summed E-state index contributed by atoms with van der Waals surface area (Å²) in [7, 11) is 0. The standard InChI is InChI=1S/C19H20BrClN2O2/c1-19(2,3)14-8-9-17(15(20)10-14)25-12-18(24)23-22-11-13-6-4-5-7-16(13)21/h4-11H,12H2,1-3H3,(H,23,24)/b22-11-. The number of nitrogens with zero attached hydrogens (tertiary/aromatic N) is 1. The molecule has 0 fully saturated rings. The Bertz CT molecular complexity index is 785. The highest BCUT2D eigenvalue weighted by atomic mass is 79.9. The van der Waals surface area contributed by atoms with E-state index in [4.69, 9.17) is 16.3 Å². The summed E-state index contributed by atoms with van der Waals surface area (Å²) in [5.74, 6) is 0.258. The molecule has 25 heavy (non-hydrogen) atoms. The zero-order valence-electron chi connectivity index (χ0n) is 14.3. The first kappa shape index (κ1) is 19.5. The molecule has 0 saturated heterocycles. The summed E-state index contributed by atoms with van der Waals surface area (Å²) < 4.78 is 6.35. The molecule has 0 radical (unpaired) electrons. The van der Waals surface area contributed by atoms with Gasteiger partial charge < -0.3 is 4.74 Å². The van der Waals surface area contributed by atoms with Gasteiger partial charge in [0.15, 0.2) is 6.61 Å². The van der Waals surface area contributed by atoms with Crippen molar-refractivity contribution in [3.63, 3.8) is 0 Å². The first-order valence-electron chi connectivity index (χ1n) is 7.76. The van der Waals surface area contributed by atoms with Crippen molar-refractivity contribution in [2.24, 2.45) is 5.10 Å². The van der Waals surface area contributed by atoms with Crippen LogP contribution in [0.15, 0.2) is 52.0 Å². The van der Waals surface area contributed by atoms with Gasteiger partial charge in [-0.1, -0.05) is 56.6 Å². The number of carbonyl (C=O) groups excluding carboxylic acids is 1. The predicted molar refractivity (Wildman–Crippen MR) is 106 cm³/mol. The molecule has 0 aromatic heterocycles. The minimum absolute atomic E-state index is 0.0475. The second-order valence-corrected chi connectivity index (χ2v) is 7.76. The molecular formula is C19H20BrClN2O2. The van der Waals surface area contributed by atoms with E-state index < -0.39 is 0 Å². The average Bonchev–Trinajstić information content (AvgIpc) is 2.54. The predicted octanol–water partition coefficient (Wildman–Crippen LogP) is 4.93. The van der Waals surface area contributed by atoms with Gasteiger partial charge in [0.05, 0.1) is 10.7 Å². The minimum Gasteiger partial charge on any atom is -0.483 e. The molecule has 2 rings (SSSR count). The van der Waals surface area contributed by atoms with Gasteiger partial charge in [-0.3, -0.25) is 4.79 Å². The SMILES string of the molecule is CC(C)(C)c1ccc(OCC(=O)N/N=C\c2ccccc2Cl)c(Br)c1. The second-order valence-electron chi connectivity index (χ2n) is 6.50. The topological polar surface area (TPSA) is 50.7 Å². The van der Waals surface area contributed by atoms with Gasteiger partial charge in [-0.2, -0.15) is 5.10 Å². The maximum Gasteiger partial charge on any atom is 0.277 e. The molecule has 0 aliphatic rings. The Hall–Kier alpha value is -1.85. The second kappa shape index (κ2) is 8.50. The fourth-order valence-corrected chi connectivity index (χ4v) is 2.69. The third-order valence-corrected chi connectivity index (χ3v) is 4.42. The van der Waals surface area contributed by atoms with Crippen molar-refractivity contribution < 1.29 is 9.53 Å². The van der Waals surface area contributed by atoms with Gasteiger partial charge in [0.25, 0.3) is 5.91 Å². The fraction of sp³-hybridized carbons (Fsp3) is 0.263. The van der Waals surface area contributed by atoms with Crippen molar-refractivity contribution in [3.05, 3.63) is 63.1 Å². The molecule has 1 amide bonds. The molecule has 2 aromatic rings. The average molecular weight is 424 g/mol. The van der Waals surface area contributed by atoms with Crippen LogP contribution in [0.5, 0.6) is 5.75 Å². The minimum atomic E-state index is -0.352. The van der Waals surface area contributed by atoms with Gasteiger partial charge in [-0.15, -0.1) is 0 Å². The van der Waals surface area contributed by atoms with Crippen molar-refractivity contribution in [1.82, 2.24) is 5.43 Å². The molecule has 2 aromatic carbocycles. The molecule has 0 saturated carbocycles. The highest BCUT2D eigenvalue weighted by Gasteiger charge is 2.15. The number of rotatable bonds is 5. The maximum atomic E-state index is 11.8. The van der Waals surface area contributed by atoms with Crippen LogP contribution in [0, 0.1) is 0 Å². The monoisotopic (exact) mass is 422 g/mol. The molecule has 0 atom stereocenters. The summed E-state index contributed by atoms with van der Waals surface area (Å²) in [6.07, 6.45) is 1.49. The number of hydrogen-bond acceptors (Lipinski definition) is 3. The lowest BCUT2D eigenvalue weighted by Gasteiger charge is -2.20. The van der Waals surface area contributed by atoms with Gasteiger partial charge in [0, 0.05) is 10.6 Å². The lowest BCUT2D eigenvalue weighted by molar-refractivity contribution is -0.123. The van der Waals surface area contributed by atoms with E-state index in [1.165, 1.54) is 11.8 Å². The van der Waals surface area contributed by atoms with E-state index in [0.717, 1.165) is 10.0 Å². The highest BCUT2D eigenvalue weighted by molar-refractivity contribution is 9.10. The molecule has 0 heterocycles. The van der Waals surface area contributed by atoms with E-state index in [2.05, 4.69) is 47.2 Å². The van der Waals surface area contributed by atoms with Crippen LogP contribution in [0.25, 0.3) is 0 Å². The van der Waals surface area contributed by atoms with E-state index in [9.17, 15) is 4.79 Å². The molecule has 4 nitrogen and oxygen atoms in total. The van der Waals surface area contributed by atoms with Gasteiger partial charge in [-0.25, -0.2) is 5.43 Å². The Kier molecular flexibility index (Phi) is 6.62. The summed E-state index contributed by atoms with van der Waals surface area (Å²) in [5.41, 5.74) is 4.37. The van der Waals surface area contributed by atoms with E-state index in [1.807, 2.05) is 36.4 Å². The Morgan fingerprint density at radius 3 is 2.64 bits per heavy atom. The molecule has 0 spiro atoms. The third kappa shape index (κ3) is 5.87. The number of hydrogen-bond donors (Lipinski definition) is 1. The van der Waals surface area contributed by atoms with E-state index in [-0.39, 0.29) is 17.9 Å². The summed E-state index contributed by atoms with van der Waals surface area (Å²) in [5, 5.41) is 4.45. The van der Waals surface area contributed by atoms with Crippen molar-refractivity contribution in [1.29, 1.82) is 0 Å². The van der Waals surface area contributed by atoms with Crippen LogP contribution in [-0.2, 0) is 10.2 Å². The number of halogens is 2. The van der Waals surface area contributed by atoms with Gasteiger partial charge in [-0.05, 0) is 45.1 Å². The van der Waals surface area contributed by atoms with Crippen LogP contribution in [-0.4, -0.2) is 18.7 Å². The van der Waals surface area contributed by atoms with E-state index >= 15 is 0 Å². The van der Waals surface area contributed by atoms with E-state index in [0.29, 0.717) is 10.8 Å². The van der Waals surface area contributed by atoms with Crippen molar-refractivity contribution in [2.45, 2.75) is 26.2 Å². The van der Waals surface area contributed by atoms with Crippen LogP contribution in [0.2, 0.25) is 5.02 Å². The van der Waals surface area contributed by atoms with Crippen LogP contribution in [0.3, 0.4) is 0 Å². The molecule has 0 bridgehead atoms. The van der Waals surface area contributed by atoms with Crippen LogP contribution in [0.1, 0.15) is 31.9 Å². The summed E-state index contributed by atoms with van der Waals surface area (Å²) >= 11 is 9.49. The number of ether oxygens (including phenoxy) is 1. The zero-order chi connectivity index (χ0) is 18.4. The molecule has 1 N–H and O–H groups in total. The summed E-state index contributed by atoms with van der Waals surface area (Å²) in [6, 6.07) is 13.1. The van der Waals surface area contributed by atoms with Crippen LogP contribution in [0.4, 0.5) is 0 Å². The quantitative estimate of drug-likeness (QED) is 0.547. The van der Waals surface area contributed by atoms with E-state index in [1.54, 1.807) is 6.07 Å². The largest absolute Gasteiger partial charge is 0.483 e. The Morgan fingerprint density at radius 2 is 2.00 bits per heavy atom.